The summed E-state index contributed by atoms with van der Waals surface area (Å²) in [6.07, 6.45) is 3.61. The fourth-order valence-corrected chi connectivity index (χ4v) is 2.20. The first kappa shape index (κ1) is 17.6. The van der Waals surface area contributed by atoms with Crippen molar-refractivity contribution in [1.82, 2.24) is 0 Å². The van der Waals surface area contributed by atoms with Crippen LogP contribution < -0.4 is 0 Å². The van der Waals surface area contributed by atoms with Gasteiger partial charge in [0.1, 0.15) is 0 Å². The Hall–Kier alpha value is 1.20. The lowest BCUT2D eigenvalue weighted by atomic mass is 9.75. The molecule has 0 aliphatic heterocycles. The average molecular weight is 422 g/mol. The van der Waals surface area contributed by atoms with Crippen LogP contribution in [0, 0.1) is 10.8 Å². The van der Waals surface area contributed by atoms with Crippen LogP contribution in [0.15, 0.2) is 11.6 Å². The Bertz CT molecular complexity index is 169. The van der Waals surface area contributed by atoms with Crippen molar-refractivity contribution in [1.29, 1.82) is 0 Å². The van der Waals surface area contributed by atoms with Gasteiger partial charge in [0.15, 0.2) is 0 Å². The van der Waals surface area contributed by atoms with Gasteiger partial charge in [0.2, 0.25) is 0 Å². The smallest absolute Gasteiger partial charge is 0 e. The molecule has 0 radical (unpaired) electrons. The minimum absolute atomic E-state index is 0.344. The van der Waals surface area contributed by atoms with E-state index in [4.69, 9.17) is 0 Å². The first-order valence-corrected chi connectivity index (χ1v) is 11.2. The van der Waals surface area contributed by atoms with Gasteiger partial charge in [-0.1, -0.05) is 46.3 Å². The molecule has 2 heteroatoms. The molecule has 0 bridgehead atoms. The van der Waals surface area contributed by atoms with E-state index in [2.05, 4.69) is 91.8 Å². The Balaban J connectivity index is 0. The van der Waals surface area contributed by atoms with Gasteiger partial charge in [-0.3, -0.25) is 0 Å². The molecule has 0 fully saturated rings. The second-order valence-corrected chi connectivity index (χ2v) is 5.95. The molecule has 0 aliphatic rings. The van der Waals surface area contributed by atoms with Crippen LogP contribution in [0.5, 0.6) is 0 Å². The van der Waals surface area contributed by atoms with Crippen molar-refractivity contribution in [3.63, 3.8) is 0 Å². The normalized spacial score (nSPS) is 11.5. The monoisotopic (exact) mass is 422 g/mol. The van der Waals surface area contributed by atoms with Crippen LogP contribution in [0.2, 0.25) is 0 Å². The highest BCUT2D eigenvalue weighted by molar-refractivity contribution is 15.0. The van der Waals surface area contributed by atoms with Crippen LogP contribution in [0.3, 0.4) is 0 Å². The molecular formula is C12H24I2. The highest BCUT2D eigenvalue weighted by atomic mass is 128. The van der Waals surface area contributed by atoms with Gasteiger partial charge >= 0.3 is 0 Å². The van der Waals surface area contributed by atoms with E-state index in [1.807, 2.05) is 0 Å². The van der Waals surface area contributed by atoms with Crippen LogP contribution in [0.25, 0.3) is 0 Å². The molecule has 0 spiro atoms. The van der Waals surface area contributed by atoms with Crippen molar-refractivity contribution in [3.05, 3.63) is 11.6 Å². The van der Waals surface area contributed by atoms with Gasteiger partial charge in [-0.05, 0) is 31.1 Å². The summed E-state index contributed by atoms with van der Waals surface area (Å²) in [5, 5.41) is 0. The number of hydrogen-bond donors (Lipinski definition) is 0. The average Bonchev–Trinajstić information content (AvgIpc) is 1.82. The van der Waals surface area contributed by atoms with E-state index in [-0.39, 0.29) is 0 Å². The molecule has 86 valence electrons. The third kappa shape index (κ3) is 13.2. The van der Waals surface area contributed by atoms with E-state index < -0.39 is 0 Å². The van der Waals surface area contributed by atoms with Crippen LogP contribution >= 0.6 is 37.2 Å². The first-order valence-electron chi connectivity index (χ1n) is 4.93. The maximum absolute atomic E-state index is 2.37. The molecule has 0 aromatic rings. The molecule has 0 atom stereocenters. The largest absolute Gasteiger partial charge is 0.0802 e. The lowest BCUT2D eigenvalue weighted by Gasteiger charge is -2.30. The highest BCUT2D eigenvalue weighted by Crippen LogP contribution is 2.34. The predicted molar refractivity (Wildman–Crippen MR) is 85.3 cm³/mol. The maximum atomic E-state index is 2.37. The zero-order valence-corrected chi connectivity index (χ0v) is 14.9. The summed E-state index contributed by atoms with van der Waals surface area (Å²) < 4.78 is 0. The summed E-state index contributed by atoms with van der Waals surface area (Å²) in [4.78, 5) is 0. The molecule has 0 unspecified atom stereocenters. The summed E-state index contributed by atoms with van der Waals surface area (Å²) in [6, 6.07) is 0. The van der Waals surface area contributed by atoms with E-state index in [1.165, 1.54) is 12.0 Å². The minimum Gasteiger partial charge on any atom is -0.0802 e. The Kier molecular flexibility index (Phi) is 9.39. The summed E-state index contributed by atoms with van der Waals surface area (Å²) in [6.45, 7) is 15.9. The first-order chi connectivity index (χ1) is 6.12. The molecule has 0 N–H and O–H groups in total. The van der Waals surface area contributed by atoms with Crippen molar-refractivity contribution in [3.8, 4) is 0 Å². The molecular weight excluding hydrogens is 398 g/mol. The summed E-state index contributed by atoms with van der Waals surface area (Å²) in [7, 11) is 0. The SMILES string of the molecule is CC(C)=CC(C)(C)CC(C)(C)C.II. The summed E-state index contributed by atoms with van der Waals surface area (Å²) in [5.41, 5.74) is 2.19. The van der Waals surface area contributed by atoms with Gasteiger partial charge in [0, 0.05) is 37.2 Å². The molecule has 0 aliphatic carbocycles. The fraction of sp³-hybridized carbons (Fsp3) is 0.833. The van der Waals surface area contributed by atoms with Gasteiger partial charge in [-0.25, -0.2) is 0 Å². The van der Waals surface area contributed by atoms with Crippen LogP contribution in [-0.4, -0.2) is 0 Å². The summed E-state index contributed by atoms with van der Waals surface area (Å²) in [5.74, 6) is 0. The molecule has 0 amide bonds. The fourth-order valence-electron chi connectivity index (χ4n) is 2.20. The second-order valence-electron chi connectivity index (χ2n) is 5.95. The maximum Gasteiger partial charge on any atom is 0 e. The topological polar surface area (TPSA) is 0 Å². The molecule has 0 heterocycles. The Morgan fingerprint density at radius 3 is 1.57 bits per heavy atom. The number of halogens is 2. The van der Waals surface area contributed by atoms with Crippen LogP contribution in [0.4, 0.5) is 0 Å². The van der Waals surface area contributed by atoms with E-state index in [1.54, 1.807) is 0 Å². The van der Waals surface area contributed by atoms with Crippen molar-refractivity contribution in [2.45, 2.75) is 54.9 Å². The van der Waals surface area contributed by atoms with Crippen molar-refractivity contribution in [2.24, 2.45) is 10.8 Å². The quantitative estimate of drug-likeness (QED) is 0.368. The zero-order chi connectivity index (χ0) is 12.0. The Morgan fingerprint density at radius 1 is 1.00 bits per heavy atom. The molecule has 0 aromatic heterocycles. The number of hydrogen-bond acceptors (Lipinski definition) is 0. The van der Waals surface area contributed by atoms with Gasteiger partial charge < -0.3 is 0 Å². The van der Waals surface area contributed by atoms with Crippen LogP contribution in [0.1, 0.15) is 54.9 Å². The van der Waals surface area contributed by atoms with Crippen LogP contribution in [-0.2, 0) is 0 Å². The molecule has 0 aromatic carbocycles. The summed E-state index contributed by atoms with van der Waals surface area (Å²) >= 11 is 4.24. The van der Waals surface area contributed by atoms with Gasteiger partial charge in [0.05, 0.1) is 0 Å². The van der Waals surface area contributed by atoms with E-state index >= 15 is 0 Å². The molecule has 14 heavy (non-hydrogen) atoms. The third-order valence-electron chi connectivity index (χ3n) is 1.67. The van der Waals surface area contributed by atoms with Crippen molar-refractivity contribution in [2.75, 3.05) is 0 Å². The molecule has 0 saturated heterocycles. The van der Waals surface area contributed by atoms with Crippen molar-refractivity contribution < 1.29 is 0 Å². The second kappa shape index (κ2) is 7.47. The molecule has 0 rings (SSSR count). The highest BCUT2D eigenvalue weighted by Gasteiger charge is 2.22. The molecule has 0 nitrogen and oxygen atoms in total. The van der Waals surface area contributed by atoms with Gasteiger partial charge in [-0.15, -0.1) is 0 Å². The van der Waals surface area contributed by atoms with E-state index in [0.717, 1.165) is 0 Å². The molecule has 0 saturated carbocycles. The third-order valence-corrected chi connectivity index (χ3v) is 1.67. The minimum atomic E-state index is 0.344. The zero-order valence-electron chi connectivity index (χ0n) is 10.5. The number of rotatable bonds is 2. The van der Waals surface area contributed by atoms with Crippen molar-refractivity contribution >= 4 is 37.2 Å². The lowest BCUT2D eigenvalue weighted by molar-refractivity contribution is 0.261. The van der Waals surface area contributed by atoms with Gasteiger partial charge in [-0.2, -0.15) is 0 Å². The Labute approximate surface area is 114 Å². The van der Waals surface area contributed by atoms with E-state index in [9.17, 15) is 0 Å². The standard InChI is InChI=1S/C12H24.I2/c1-10(2)8-12(6,7)9-11(3,4)5;1-2/h8H,9H2,1-7H3;. The number of allylic oxidation sites excluding steroid dienone is 2. The van der Waals surface area contributed by atoms with E-state index in [0.29, 0.717) is 10.8 Å². The predicted octanol–water partition coefficient (Wildman–Crippen LogP) is 6.19. The van der Waals surface area contributed by atoms with Gasteiger partial charge in [0.25, 0.3) is 0 Å². The lowest BCUT2D eigenvalue weighted by Crippen LogP contribution is -2.18. The Morgan fingerprint density at radius 2 is 1.36 bits per heavy atom.